The number of amides is 1. The van der Waals surface area contributed by atoms with Crippen molar-refractivity contribution in [3.8, 4) is 11.4 Å². The molecule has 0 spiro atoms. The minimum Gasteiger partial charge on any atom is -0.335 e. The lowest BCUT2D eigenvalue weighted by molar-refractivity contribution is -0.113. The van der Waals surface area contributed by atoms with Gasteiger partial charge in [-0.2, -0.15) is 0 Å². The van der Waals surface area contributed by atoms with Crippen LogP contribution in [-0.2, 0) is 16.6 Å². The largest absolute Gasteiger partial charge is 0.335 e. The first kappa shape index (κ1) is 20.9. The first-order valence-corrected chi connectivity index (χ1v) is 10.6. The van der Waals surface area contributed by atoms with E-state index in [0.717, 1.165) is 23.2 Å². The molecule has 1 heterocycles. The van der Waals surface area contributed by atoms with Crippen molar-refractivity contribution in [2.24, 2.45) is 0 Å². The maximum atomic E-state index is 12.3. The quantitative estimate of drug-likeness (QED) is 0.469. The molecular weight excluding hydrogens is 382 g/mol. The van der Waals surface area contributed by atoms with E-state index in [4.69, 9.17) is 5.84 Å². The van der Waals surface area contributed by atoms with Crippen LogP contribution in [0.25, 0.3) is 11.4 Å². The molecule has 1 amide bonds. The van der Waals surface area contributed by atoms with Gasteiger partial charge in [0.15, 0.2) is 5.82 Å². The Bertz CT molecular complexity index is 989. The molecule has 7 heteroatoms. The van der Waals surface area contributed by atoms with Gasteiger partial charge in [-0.1, -0.05) is 81.9 Å². The zero-order valence-electron chi connectivity index (χ0n) is 17.3. The zero-order valence-corrected chi connectivity index (χ0v) is 18.1. The maximum Gasteiger partial charge on any atom is 0.234 e. The fourth-order valence-electron chi connectivity index (χ4n) is 2.96. The first-order chi connectivity index (χ1) is 13.8. The Morgan fingerprint density at radius 2 is 1.79 bits per heavy atom. The number of aryl methyl sites for hydroxylation is 1. The molecule has 0 atom stereocenters. The van der Waals surface area contributed by atoms with Crippen LogP contribution in [0.1, 0.15) is 38.8 Å². The van der Waals surface area contributed by atoms with E-state index in [-0.39, 0.29) is 17.1 Å². The van der Waals surface area contributed by atoms with Crippen LogP contribution in [0, 0.1) is 0 Å². The first-order valence-electron chi connectivity index (χ1n) is 9.61. The number of benzene rings is 2. The second-order valence-corrected chi connectivity index (χ2v) is 8.79. The van der Waals surface area contributed by atoms with Gasteiger partial charge in [0.25, 0.3) is 0 Å². The van der Waals surface area contributed by atoms with E-state index in [0.29, 0.717) is 11.0 Å². The number of aromatic nitrogens is 3. The van der Waals surface area contributed by atoms with Gasteiger partial charge in [-0.25, -0.2) is 4.68 Å². The summed E-state index contributed by atoms with van der Waals surface area (Å²) in [4.78, 5) is 12.3. The Morgan fingerprint density at radius 3 is 2.45 bits per heavy atom. The number of nitrogens with one attached hydrogen (secondary N) is 1. The van der Waals surface area contributed by atoms with Crippen LogP contribution in [0.15, 0.2) is 53.7 Å². The van der Waals surface area contributed by atoms with E-state index in [1.807, 2.05) is 36.4 Å². The van der Waals surface area contributed by atoms with Gasteiger partial charge < -0.3 is 11.2 Å². The van der Waals surface area contributed by atoms with Gasteiger partial charge in [0, 0.05) is 11.3 Å². The highest BCUT2D eigenvalue weighted by Gasteiger charge is 2.17. The third kappa shape index (κ3) is 4.98. The lowest BCUT2D eigenvalue weighted by atomic mass is 9.87. The molecule has 2 aromatic carbocycles. The van der Waals surface area contributed by atoms with Crippen LogP contribution in [0.4, 0.5) is 5.69 Å². The molecule has 6 nitrogen and oxygen atoms in total. The van der Waals surface area contributed by atoms with Crippen LogP contribution in [0.2, 0.25) is 0 Å². The molecule has 0 saturated carbocycles. The molecule has 3 aromatic rings. The summed E-state index contributed by atoms with van der Waals surface area (Å²) in [6.45, 7) is 8.58. The van der Waals surface area contributed by atoms with Gasteiger partial charge in [-0.3, -0.25) is 4.79 Å². The van der Waals surface area contributed by atoms with Crippen molar-refractivity contribution in [2.45, 2.75) is 44.7 Å². The highest BCUT2D eigenvalue weighted by atomic mass is 32.2. The predicted molar refractivity (Wildman–Crippen MR) is 119 cm³/mol. The third-order valence-corrected chi connectivity index (χ3v) is 5.62. The monoisotopic (exact) mass is 409 g/mol. The van der Waals surface area contributed by atoms with Gasteiger partial charge in [-0.05, 0) is 29.0 Å². The fourth-order valence-corrected chi connectivity index (χ4v) is 3.62. The smallest absolute Gasteiger partial charge is 0.234 e. The summed E-state index contributed by atoms with van der Waals surface area (Å²) >= 11 is 1.26. The van der Waals surface area contributed by atoms with Gasteiger partial charge in [0.1, 0.15) is 0 Å². The number of para-hydroxylation sites is 1. The predicted octanol–water partition coefficient (Wildman–Crippen LogP) is 4.25. The van der Waals surface area contributed by atoms with Crippen molar-refractivity contribution in [1.29, 1.82) is 0 Å². The highest BCUT2D eigenvalue weighted by Crippen LogP contribution is 2.26. The number of nitrogens with two attached hydrogens (primary N) is 1. The molecule has 0 saturated heterocycles. The number of nitrogen functional groups attached to an aromatic ring is 1. The van der Waals surface area contributed by atoms with E-state index >= 15 is 0 Å². The number of hydrogen-bond donors (Lipinski definition) is 2. The minimum absolute atomic E-state index is 0.0830. The molecule has 0 aliphatic rings. The van der Waals surface area contributed by atoms with E-state index in [1.54, 1.807) is 0 Å². The zero-order chi connectivity index (χ0) is 21.0. The van der Waals surface area contributed by atoms with Crippen LogP contribution < -0.4 is 11.2 Å². The molecule has 0 aliphatic heterocycles. The van der Waals surface area contributed by atoms with Gasteiger partial charge >= 0.3 is 0 Å². The van der Waals surface area contributed by atoms with Crippen molar-refractivity contribution in [3.63, 3.8) is 0 Å². The Morgan fingerprint density at radius 1 is 1.10 bits per heavy atom. The lowest BCUT2D eigenvalue weighted by Gasteiger charge is -2.19. The fraction of sp³-hybridized carbons (Fsp3) is 0.318. The summed E-state index contributed by atoms with van der Waals surface area (Å²) in [6.07, 6.45) is 0.859. The normalized spacial score (nSPS) is 11.4. The number of nitrogens with zero attached hydrogens (tertiary/aromatic N) is 3. The van der Waals surface area contributed by atoms with Crippen molar-refractivity contribution < 1.29 is 4.79 Å². The second kappa shape index (κ2) is 8.69. The second-order valence-electron chi connectivity index (χ2n) is 7.85. The summed E-state index contributed by atoms with van der Waals surface area (Å²) < 4.78 is 1.43. The Hall–Kier alpha value is -2.80. The van der Waals surface area contributed by atoms with Gasteiger partial charge in [-0.15, -0.1) is 10.2 Å². The van der Waals surface area contributed by atoms with Crippen molar-refractivity contribution >= 4 is 23.4 Å². The number of anilines is 1. The molecule has 3 rings (SSSR count). The van der Waals surface area contributed by atoms with Crippen LogP contribution in [-0.4, -0.2) is 26.5 Å². The Kier molecular flexibility index (Phi) is 6.27. The van der Waals surface area contributed by atoms with Gasteiger partial charge in [0.2, 0.25) is 11.1 Å². The van der Waals surface area contributed by atoms with Crippen molar-refractivity contribution in [3.05, 3.63) is 59.7 Å². The number of rotatable bonds is 6. The molecule has 0 radical (unpaired) electrons. The third-order valence-electron chi connectivity index (χ3n) is 4.68. The van der Waals surface area contributed by atoms with Crippen LogP contribution in [0.5, 0.6) is 0 Å². The average Bonchev–Trinajstić information content (AvgIpc) is 3.06. The van der Waals surface area contributed by atoms with Crippen molar-refractivity contribution in [2.75, 3.05) is 16.9 Å². The maximum absolute atomic E-state index is 12.3. The number of carbonyl (C=O) groups is 1. The van der Waals surface area contributed by atoms with Crippen LogP contribution >= 0.6 is 11.8 Å². The van der Waals surface area contributed by atoms with Crippen molar-refractivity contribution in [1.82, 2.24) is 14.9 Å². The Balaban J connectivity index is 1.66. The van der Waals surface area contributed by atoms with Crippen LogP contribution in [0.3, 0.4) is 0 Å². The van der Waals surface area contributed by atoms with E-state index in [2.05, 4.69) is 55.3 Å². The average molecular weight is 410 g/mol. The minimum atomic E-state index is -0.102. The van der Waals surface area contributed by atoms with Gasteiger partial charge in [0.05, 0.1) is 5.75 Å². The molecule has 152 valence electrons. The highest BCUT2D eigenvalue weighted by molar-refractivity contribution is 7.99. The summed E-state index contributed by atoms with van der Waals surface area (Å²) in [6, 6.07) is 16.0. The topological polar surface area (TPSA) is 85.8 Å². The van der Waals surface area contributed by atoms with E-state index < -0.39 is 0 Å². The molecule has 29 heavy (non-hydrogen) atoms. The standard InChI is InChI=1S/C22H27N5OS/c1-5-15-8-6-7-9-18(15)24-19(28)14-29-21-26-25-20(27(21)23)16-10-12-17(13-11-16)22(2,3)4/h6-13H,5,14,23H2,1-4H3,(H,24,28). The van der Waals surface area contributed by atoms with E-state index in [9.17, 15) is 4.79 Å². The molecule has 0 fully saturated rings. The number of thioether (sulfide) groups is 1. The molecule has 0 unspecified atom stereocenters. The SMILES string of the molecule is CCc1ccccc1NC(=O)CSc1nnc(-c2ccc(C(C)(C)C)cc2)n1N. The summed E-state index contributed by atoms with van der Waals surface area (Å²) in [7, 11) is 0. The Labute approximate surface area is 175 Å². The lowest BCUT2D eigenvalue weighted by Crippen LogP contribution is -2.17. The molecule has 0 bridgehead atoms. The van der Waals surface area contributed by atoms with E-state index in [1.165, 1.54) is 22.0 Å². The summed E-state index contributed by atoms with van der Waals surface area (Å²) in [5, 5.41) is 11.8. The molecule has 1 aromatic heterocycles. The summed E-state index contributed by atoms with van der Waals surface area (Å²) in [5.74, 6) is 6.86. The molecule has 3 N–H and O–H groups in total. The molecule has 0 aliphatic carbocycles. The number of carbonyl (C=O) groups excluding carboxylic acids is 1. The molecular formula is C22H27N5OS. The summed E-state index contributed by atoms with van der Waals surface area (Å²) in [5.41, 5.74) is 4.16. The number of hydrogen-bond acceptors (Lipinski definition) is 5.